The average molecular weight is 324 g/mol. The normalized spacial score (nSPS) is 16.5. The summed E-state index contributed by atoms with van der Waals surface area (Å²) in [7, 11) is 0. The van der Waals surface area contributed by atoms with Crippen molar-refractivity contribution in [3.63, 3.8) is 0 Å². The van der Waals surface area contributed by atoms with Crippen molar-refractivity contribution in [1.82, 2.24) is 4.90 Å². The molecule has 0 aromatic heterocycles. The fourth-order valence-corrected chi connectivity index (χ4v) is 3.50. The topological polar surface area (TPSA) is 32.7 Å². The number of aryl methyl sites for hydroxylation is 1. The van der Waals surface area contributed by atoms with E-state index in [0.717, 1.165) is 36.0 Å². The molecule has 0 aliphatic carbocycles. The van der Waals surface area contributed by atoms with Gasteiger partial charge in [0.2, 0.25) is 5.91 Å². The van der Waals surface area contributed by atoms with Gasteiger partial charge in [-0.1, -0.05) is 60.3 Å². The number of para-hydroxylation sites is 1. The Morgan fingerprint density at radius 1 is 1.04 bits per heavy atom. The number of carbonyl (C=O) groups excluding carboxylic acids is 1. The minimum Gasteiger partial charge on any atom is -0.291 e. The van der Waals surface area contributed by atoms with Crippen molar-refractivity contribution >= 4 is 28.5 Å². The molecule has 2 aromatic carbocycles. The lowest BCUT2D eigenvalue weighted by Crippen LogP contribution is -2.39. The fourth-order valence-electron chi connectivity index (χ4n) is 2.53. The zero-order chi connectivity index (χ0) is 15.9. The first kappa shape index (κ1) is 15.8. The number of carbonyl (C=O) groups is 1. The molecule has 1 amide bonds. The van der Waals surface area contributed by atoms with Gasteiger partial charge in [-0.15, -0.1) is 0 Å². The summed E-state index contributed by atoms with van der Waals surface area (Å²) < 4.78 is 0. The van der Waals surface area contributed by atoms with E-state index in [0.29, 0.717) is 6.42 Å². The molecule has 2 aromatic rings. The molecular formula is C19H20N2OS. The van der Waals surface area contributed by atoms with Gasteiger partial charge in [0.15, 0.2) is 5.17 Å². The van der Waals surface area contributed by atoms with Crippen molar-refractivity contribution in [3.05, 3.63) is 66.2 Å². The molecule has 0 unspecified atom stereocenters. The number of hydrogen-bond acceptors (Lipinski definition) is 3. The second-order valence-corrected chi connectivity index (χ2v) is 6.52. The van der Waals surface area contributed by atoms with Crippen LogP contribution in [0.3, 0.4) is 0 Å². The molecule has 3 rings (SSSR count). The van der Waals surface area contributed by atoms with Crippen LogP contribution in [0.5, 0.6) is 0 Å². The summed E-state index contributed by atoms with van der Waals surface area (Å²) in [5, 5.41) is 0.834. The van der Waals surface area contributed by atoms with E-state index in [1.54, 1.807) is 11.8 Å². The molecule has 0 spiro atoms. The van der Waals surface area contributed by atoms with Gasteiger partial charge in [0, 0.05) is 18.7 Å². The lowest BCUT2D eigenvalue weighted by molar-refractivity contribution is -0.127. The Morgan fingerprint density at radius 3 is 2.48 bits per heavy atom. The molecule has 4 heteroatoms. The number of amidine groups is 1. The zero-order valence-electron chi connectivity index (χ0n) is 13.0. The summed E-state index contributed by atoms with van der Waals surface area (Å²) in [6.45, 7) is 0.770. The quantitative estimate of drug-likeness (QED) is 0.841. The first-order valence-corrected chi connectivity index (χ1v) is 8.92. The van der Waals surface area contributed by atoms with E-state index in [2.05, 4.69) is 17.1 Å². The molecule has 1 fully saturated rings. The number of nitrogens with zero attached hydrogens (tertiary/aromatic N) is 2. The predicted octanol–water partition coefficient (Wildman–Crippen LogP) is 4.27. The summed E-state index contributed by atoms with van der Waals surface area (Å²) in [5.74, 6) is 1.18. The smallest absolute Gasteiger partial charge is 0.228 e. The van der Waals surface area contributed by atoms with E-state index in [9.17, 15) is 4.79 Å². The van der Waals surface area contributed by atoms with Crippen LogP contribution in [0.4, 0.5) is 5.69 Å². The Labute approximate surface area is 141 Å². The van der Waals surface area contributed by atoms with Crippen LogP contribution < -0.4 is 0 Å². The van der Waals surface area contributed by atoms with E-state index in [1.165, 1.54) is 5.56 Å². The van der Waals surface area contributed by atoms with Crippen molar-refractivity contribution in [3.8, 4) is 0 Å². The SMILES string of the molecule is O=C(CCc1ccccc1)N1CCCSC1=Nc1ccccc1. The first-order chi connectivity index (χ1) is 11.3. The van der Waals surface area contributed by atoms with E-state index >= 15 is 0 Å². The number of thioether (sulfide) groups is 1. The van der Waals surface area contributed by atoms with Crippen LogP contribution in [0.25, 0.3) is 0 Å². The molecule has 0 N–H and O–H groups in total. The molecule has 1 saturated heterocycles. The van der Waals surface area contributed by atoms with E-state index in [4.69, 9.17) is 0 Å². The highest BCUT2D eigenvalue weighted by molar-refractivity contribution is 8.13. The third kappa shape index (κ3) is 4.45. The highest BCUT2D eigenvalue weighted by Crippen LogP contribution is 2.23. The van der Waals surface area contributed by atoms with Crippen molar-refractivity contribution in [1.29, 1.82) is 0 Å². The highest BCUT2D eigenvalue weighted by atomic mass is 32.2. The number of aliphatic imine (C=N–C) groups is 1. The first-order valence-electron chi connectivity index (χ1n) is 7.94. The van der Waals surface area contributed by atoms with Crippen LogP contribution in [0.1, 0.15) is 18.4 Å². The molecule has 0 radical (unpaired) electrons. The van der Waals surface area contributed by atoms with Crippen LogP contribution in [0, 0.1) is 0 Å². The zero-order valence-corrected chi connectivity index (χ0v) is 13.8. The largest absolute Gasteiger partial charge is 0.291 e. The maximum absolute atomic E-state index is 12.6. The Bertz CT molecular complexity index is 670. The minimum absolute atomic E-state index is 0.163. The van der Waals surface area contributed by atoms with Gasteiger partial charge in [-0.2, -0.15) is 0 Å². The molecular weight excluding hydrogens is 304 g/mol. The van der Waals surface area contributed by atoms with Gasteiger partial charge in [-0.3, -0.25) is 9.69 Å². The van der Waals surface area contributed by atoms with Gasteiger partial charge in [-0.05, 0) is 30.5 Å². The van der Waals surface area contributed by atoms with Crippen molar-refractivity contribution in [2.75, 3.05) is 12.3 Å². The van der Waals surface area contributed by atoms with Gasteiger partial charge in [0.25, 0.3) is 0 Å². The van der Waals surface area contributed by atoms with E-state index in [-0.39, 0.29) is 5.91 Å². The Kier molecular flexibility index (Phi) is 5.48. The monoisotopic (exact) mass is 324 g/mol. The van der Waals surface area contributed by atoms with Crippen LogP contribution in [0.15, 0.2) is 65.7 Å². The summed E-state index contributed by atoms with van der Waals surface area (Å²) >= 11 is 1.67. The molecule has 1 heterocycles. The Morgan fingerprint density at radius 2 is 1.74 bits per heavy atom. The van der Waals surface area contributed by atoms with Gasteiger partial charge in [0.05, 0.1) is 5.69 Å². The second-order valence-electron chi connectivity index (χ2n) is 5.46. The molecule has 118 valence electrons. The summed E-state index contributed by atoms with van der Waals surface area (Å²) in [4.78, 5) is 19.1. The Balaban J connectivity index is 1.68. The molecule has 1 aliphatic heterocycles. The summed E-state index contributed by atoms with van der Waals surface area (Å²) in [5.41, 5.74) is 2.10. The lowest BCUT2D eigenvalue weighted by Gasteiger charge is -2.27. The molecule has 23 heavy (non-hydrogen) atoms. The van der Waals surface area contributed by atoms with Gasteiger partial charge >= 0.3 is 0 Å². The maximum Gasteiger partial charge on any atom is 0.228 e. The van der Waals surface area contributed by atoms with Gasteiger partial charge in [-0.25, -0.2) is 4.99 Å². The van der Waals surface area contributed by atoms with Crippen molar-refractivity contribution in [2.45, 2.75) is 19.3 Å². The highest BCUT2D eigenvalue weighted by Gasteiger charge is 2.23. The van der Waals surface area contributed by atoms with Gasteiger partial charge < -0.3 is 0 Å². The van der Waals surface area contributed by atoms with Crippen LogP contribution in [-0.4, -0.2) is 28.3 Å². The van der Waals surface area contributed by atoms with Crippen LogP contribution in [0.2, 0.25) is 0 Å². The fraction of sp³-hybridized carbons (Fsp3) is 0.263. The Hall–Kier alpha value is -2.07. The van der Waals surface area contributed by atoms with E-state index in [1.807, 2.05) is 53.4 Å². The average Bonchev–Trinajstić information content (AvgIpc) is 2.62. The summed E-state index contributed by atoms with van der Waals surface area (Å²) in [6.07, 6.45) is 2.33. The third-order valence-corrected chi connectivity index (χ3v) is 4.80. The number of amides is 1. The number of hydrogen-bond donors (Lipinski definition) is 0. The number of rotatable bonds is 4. The van der Waals surface area contributed by atoms with Crippen molar-refractivity contribution in [2.24, 2.45) is 4.99 Å². The molecule has 0 atom stereocenters. The molecule has 1 aliphatic rings. The lowest BCUT2D eigenvalue weighted by atomic mass is 10.1. The third-order valence-electron chi connectivity index (χ3n) is 3.74. The van der Waals surface area contributed by atoms with Crippen LogP contribution >= 0.6 is 11.8 Å². The second kappa shape index (κ2) is 7.97. The van der Waals surface area contributed by atoms with E-state index < -0.39 is 0 Å². The predicted molar refractivity (Wildman–Crippen MR) is 97.1 cm³/mol. The minimum atomic E-state index is 0.163. The standard InChI is InChI=1S/C19H20N2OS/c22-18(13-12-16-8-3-1-4-9-16)21-14-7-15-23-19(21)20-17-10-5-2-6-11-17/h1-6,8-11H,7,12-15H2. The maximum atomic E-state index is 12.6. The molecule has 0 saturated carbocycles. The van der Waals surface area contributed by atoms with Crippen LogP contribution in [-0.2, 0) is 11.2 Å². The van der Waals surface area contributed by atoms with Crippen molar-refractivity contribution < 1.29 is 4.79 Å². The number of benzene rings is 2. The summed E-state index contributed by atoms with van der Waals surface area (Å²) in [6, 6.07) is 20.0. The molecule has 0 bridgehead atoms. The molecule has 3 nitrogen and oxygen atoms in total. The van der Waals surface area contributed by atoms with Gasteiger partial charge in [0.1, 0.15) is 0 Å².